The molecule has 7 nitrogen and oxygen atoms in total. The number of Topliss-reactive ketones (excluding diaryl/α,β-unsaturated/α-hetero) is 1. The fraction of sp³-hybridized carbons (Fsp3) is 0.261. The van der Waals surface area contributed by atoms with Gasteiger partial charge < -0.3 is 19.5 Å². The Morgan fingerprint density at radius 3 is 2.61 bits per heavy atom. The molecule has 4 rings (SSSR count). The second-order valence-corrected chi connectivity index (χ2v) is 8.18. The van der Waals surface area contributed by atoms with Gasteiger partial charge in [0.15, 0.2) is 23.4 Å². The molecule has 0 unspecified atom stereocenters. The highest BCUT2D eigenvalue weighted by Crippen LogP contribution is 2.32. The molecule has 0 bridgehead atoms. The van der Waals surface area contributed by atoms with Crippen LogP contribution in [0.15, 0.2) is 42.5 Å². The minimum absolute atomic E-state index is 0.0155. The smallest absolute Gasteiger partial charge is 0.261 e. The van der Waals surface area contributed by atoms with Crippen LogP contribution in [-0.2, 0) is 11.3 Å². The Hall–Kier alpha value is -3.39. The number of fused-ring (bicyclic) bond motifs is 1. The number of aryl methyl sites for hydroxylation is 1. The van der Waals surface area contributed by atoms with Gasteiger partial charge >= 0.3 is 0 Å². The van der Waals surface area contributed by atoms with E-state index in [-0.39, 0.29) is 18.5 Å². The van der Waals surface area contributed by atoms with Crippen molar-refractivity contribution < 1.29 is 23.8 Å². The minimum Gasteiger partial charge on any atom is -0.481 e. The second kappa shape index (κ2) is 8.77. The van der Waals surface area contributed by atoms with Crippen LogP contribution >= 0.6 is 11.3 Å². The molecule has 1 atom stereocenters. The molecule has 1 N–H and O–H groups in total. The molecule has 8 heteroatoms. The third kappa shape index (κ3) is 4.69. The molecule has 31 heavy (non-hydrogen) atoms. The summed E-state index contributed by atoms with van der Waals surface area (Å²) >= 11 is 1.37. The zero-order chi connectivity index (χ0) is 22.0. The molecular formula is C23H22N2O5S. The van der Waals surface area contributed by atoms with Crippen molar-refractivity contribution in [3.63, 3.8) is 0 Å². The Kier molecular flexibility index (Phi) is 5.90. The van der Waals surface area contributed by atoms with Gasteiger partial charge in [0.1, 0.15) is 10.8 Å². The zero-order valence-electron chi connectivity index (χ0n) is 17.4. The molecule has 0 spiro atoms. The van der Waals surface area contributed by atoms with Gasteiger partial charge in [-0.2, -0.15) is 0 Å². The normalized spacial score (nSPS) is 13.0. The number of hydrogen-bond acceptors (Lipinski definition) is 7. The highest BCUT2D eigenvalue weighted by atomic mass is 32.1. The molecule has 1 amide bonds. The van der Waals surface area contributed by atoms with E-state index in [9.17, 15) is 9.59 Å². The van der Waals surface area contributed by atoms with Crippen LogP contribution < -0.4 is 19.5 Å². The first-order valence-corrected chi connectivity index (χ1v) is 10.6. The topological polar surface area (TPSA) is 86.8 Å². The van der Waals surface area contributed by atoms with E-state index in [0.29, 0.717) is 28.7 Å². The average molecular weight is 439 g/mol. The number of ether oxygens (including phenoxy) is 3. The summed E-state index contributed by atoms with van der Waals surface area (Å²) in [6.07, 6.45) is -0.661. The lowest BCUT2D eigenvalue weighted by molar-refractivity contribution is -0.127. The van der Waals surface area contributed by atoms with E-state index >= 15 is 0 Å². The Bertz CT molecular complexity index is 1120. The molecule has 1 aromatic heterocycles. The summed E-state index contributed by atoms with van der Waals surface area (Å²) in [5.41, 5.74) is 2.55. The van der Waals surface area contributed by atoms with Crippen LogP contribution in [0.2, 0.25) is 0 Å². The fourth-order valence-electron chi connectivity index (χ4n) is 3.16. The molecular weight excluding hydrogens is 416 g/mol. The minimum atomic E-state index is -0.661. The molecule has 2 aromatic carbocycles. The zero-order valence-corrected chi connectivity index (χ0v) is 18.2. The third-order valence-electron chi connectivity index (χ3n) is 4.80. The van der Waals surface area contributed by atoms with Crippen molar-refractivity contribution in [1.82, 2.24) is 10.3 Å². The quantitative estimate of drug-likeness (QED) is 0.558. The third-order valence-corrected chi connectivity index (χ3v) is 6.11. The van der Waals surface area contributed by atoms with Crippen molar-refractivity contribution >= 4 is 23.0 Å². The number of thiazole rings is 1. The molecule has 0 aliphatic carbocycles. The van der Waals surface area contributed by atoms with Gasteiger partial charge in [-0.05, 0) is 55.8 Å². The molecule has 0 fully saturated rings. The Morgan fingerprint density at radius 2 is 1.90 bits per heavy atom. The maximum Gasteiger partial charge on any atom is 0.261 e. The Morgan fingerprint density at radius 1 is 1.16 bits per heavy atom. The predicted octanol–water partition coefficient (Wildman–Crippen LogP) is 4.13. The maximum atomic E-state index is 12.4. The van der Waals surface area contributed by atoms with Crippen LogP contribution in [0.1, 0.15) is 34.8 Å². The van der Waals surface area contributed by atoms with Crippen molar-refractivity contribution in [2.24, 2.45) is 0 Å². The number of nitrogens with one attached hydrogen (secondary N) is 1. The lowest BCUT2D eigenvalue weighted by Gasteiger charge is -2.15. The summed E-state index contributed by atoms with van der Waals surface area (Å²) in [5, 5.41) is 3.65. The number of carbonyl (C=O) groups is 2. The molecule has 2 heterocycles. The molecule has 160 valence electrons. The summed E-state index contributed by atoms with van der Waals surface area (Å²) in [6, 6.07) is 12.9. The summed E-state index contributed by atoms with van der Waals surface area (Å²) in [7, 11) is 0. The molecule has 0 saturated heterocycles. The van der Waals surface area contributed by atoms with Crippen molar-refractivity contribution in [3.05, 3.63) is 58.6 Å². The van der Waals surface area contributed by atoms with Crippen molar-refractivity contribution in [2.75, 3.05) is 6.79 Å². The number of carbonyl (C=O) groups excluding carboxylic acids is 2. The predicted molar refractivity (Wildman–Crippen MR) is 117 cm³/mol. The van der Waals surface area contributed by atoms with E-state index in [1.165, 1.54) is 11.3 Å². The largest absolute Gasteiger partial charge is 0.481 e. The van der Waals surface area contributed by atoms with Gasteiger partial charge in [0.2, 0.25) is 6.79 Å². The average Bonchev–Trinajstić information content (AvgIpc) is 3.38. The lowest BCUT2D eigenvalue weighted by Crippen LogP contribution is -2.35. The fourth-order valence-corrected chi connectivity index (χ4v) is 4.13. The van der Waals surface area contributed by atoms with Crippen molar-refractivity contribution in [3.8, 4) is 27.8 Å². The van der Waals surface area contributed by atoms with Gasteiger partial charge in [0, 0.05) is 19.0 Å². The van der Waals surface area contributed by atoms with Crippen LogP contribution in [0.4, 0.5) is 0 Å². The molecule has 3 aromatic rings. The highest BCUT2D eigenvalue weighted by Gasteiger charge is 2.17. The van der Waals surface area contributed by atoms with Crippen molar-refractivity contribution in [2.45, 2.75) is 33.4 Å². The number of nitrogens with zero attached hydrogens (tertiary/aromatic N) is 1. The van der Waals surface area contributed by atoms with E-state index in [1.807, 2.05) is 37.3 Å². The monoisotopic (exact) mass is 438 g/mol. The molecule has 1 aliphatic heterocycles. The first kappa shape index (κ1) is 20.9. The van der Waals surface area contributed by atoms with Crippen LogP contribution in [0, 0.1) is 6.92 Å². The SMILES string of the molecule is CC(=O)c1sc(-c2ccc(O[C@@H](C)C(=O)NCc3ccc4c(c3)OCO4)cc2)nc1C. The van der Waals surface area contributed by atoms with E-state index in [4.69, 9.17) is 14.2 Å². The van der Waals surface area contributed by atoms with E-state index in [2.05, 4.69) is 10.3 Å². The van der Waals surface area contributed by atoms with Crippen molar-refractivity contribution in [1.29, 1.82) is 0 Å². The summed E-state index contributed by atoms with van der Waals surface area (Å²) in [6.45, 7) is 5.66. The number of amides is 1. The van der Waals surface area contributed by atoms with Crippen LogP contribution in [0.5, 0.6) is 17.2 Å². The second-order valence-electron chi connectivity index (χ2n) is 7.18. The van der Waals surface area contributed by atoms with E-state index < -0.39 is 6.10 Å². The summed E-state index contributed by atoms with van der Waals surface area (Å²) < 4.78 is 16.4. The summed E-state index contributed by atoms with van der Waals surface area (Å²) in [4.78, 5) is 29.2. The molecule has 1 aliphatic rings. The highest BCUT2D eigenvalue weighted by molar-refractivity contribution is 7.17. The first-order chi connectivity index (χ1) is 14.9. The Labute approximate surface area is 184 Å². The van der Waals surface area contributed by atoms with Gasteiger partial charge in [0.25, 0.3) is 5.91 Å². The van der Waals surface area contributed by atoms with Crippen LogP contribution in [-0.4, -0.2) is 29.6 Å². The van der Waals surface area contributed by atoms with Crippen LogP contribution in [0.25, 0.3) is 10.6 Å². The van der Waals surface area contributed by atoms with Gasteiger partial charge in [-0.15, -0.1) is 11.3 Å². The number of hydrogen-bond donors (Lipinski definition) is 1. The molecule has 0 saturated carbocycles. The maximum absolute atomic E-state index is 12.4. The number of benzene rings is 2. The number of rotatable bonds is 7. The van der Waals surface area contributed by atoms with Gasteiger partial charge in [-0.25, -0.2) is 4.98 Å². The van der Waals surface area contributed by atoms with Gasteiger partial charge in [-0.1, -0.05) is 6.07 Å². The van der Waals surface area contributed by atoms with Gasteiger partial charge in [0.05, 0.1) is 10.6 Å². The standard InChI is InChI=1S/C23H22N2O5S/c1-13-21(14(2)26)31-23(25-13)17-5-7-18(8-6-17)30-15(3)22(27)24-11-16-4-9-19-20(10-16)29-12-28-19/h4-10,15H,11-12H2,1-3H3,(H,24,27)/t15-/m0/s1. The lowest BCUT2D eigenvalue weighted by atomic mass is 10.2. The molecule has 0 radical (unpaired) electrons. The van der Waals surface area contributed by atoms with E-state index in [1.54, 1.807) is 26.0 Å². The number of ketones is 1. The van der Waals surface area contributed by atoms with Gasteiger partial charge in [-0.3, -0.25) is 9.59 Å². The summed E-state index contributed by atoms with van der Waals surface area (Å²) in [5.74, 6) is 1.77. The van der Waals surface area contributed by atoms with Crippen LogP contribution in [0.3, 0.4) is 0 Å². The van der Waals surface area contributed by atoms with E-state index in [0.717, 1.165) is 21.8 Å². The Balaban J connectivity index is 1.33. The first-order valence-electron chi connectivity index (χ1n) is 9.82. The number of aromatic nitrogens is 1.